The maximum atomic E-state index is 10.1. The summed E-state index contributed by atoms with van der Waals surface area (Å²) in [5.41, 5.74) is 0. The van der Waals surface area contributed by atoms with Crippen LogP contribution < -0.4 is 0 Å². The number of β-amino-alcohol motifs (C(OH)–C–C–N with tert-alkyl or cyclic N) is 1. The Morgan fingerprint density at radius 2 is 2.05 bits per heavy atom. The summed E-state index contributed by atoms with van der Waals surface area (Å²) in [7, 11) is 0. The van der Waals surface area contributed by atoms with E-state index in [1.807, 2.05) is 0 Å². The van der Waals surface area contributed by atoms with E-state index in [0.29, 0.717) is 12.6 Å². The fourth-order valence-corrected chi connectivity index (χ4v) is 3.18. The van der Waals surface area contributed by atoms with Gasteiger partial charge in [-0.2, -0.15) is 0 Å². The second-order valence-corrected chi connectivity index (χ2v) is 5.85. The van der Waals surface area contributed by atoms with Crippen molar-refractivity contribution in [2.24, 2.45) is 0 Å². The monoisotopic (exact) mass is 271 g/mol. The third-order valence-electron chi connectivity index (χ3n) is 4.36. The van der Waals surface area contributed by atoms with E-state index in [4.69, 9.17) is 9.47 Å². The van der Waals surface area contributed by atoms with Crippen LogP contribution >= 0.6 is 0 Å². The van der Waals surface area contributed by atoms with Crippen LogP contribution in [0.25, 0.3) is 0 Å². The van der Waals surface area contributed by atoms with Crippen LogP contribution in [0, 0.1) is 0 Å². The fourth-order valence-electron chi connectivity index (χ4n) is 3.18. The Morgan fingerprint density at radius 1 is 1.26 bits per heavy atom. The van der Waals surface area contributed by atoms with Crippen LogP contribution in [0.1, 0.15) is 45.4 Å². The van der Waals surface area contributed by atoms with Gasteiger partial charge >= 0.3 is 0 Å². The summed E-state index contributed by atoms with van der Waals surface area (Å²) >= 11 is 0. The normalized spacial score (nSPS) is 28.4. The minimum Gasteiger partial charge on any atom is -0.389 e. The quantitative estimate of drug-likeness (QED) is 0.800. The lowest BCUT2D eigenvalue weighted by atomic mass is 9.99. The molecule has 2 fully saturated rings. The van der Waals surface area contributed by atoms with Gasteiger partial charge in [0.2, 0.25) is 0 Å². The fraction of sp³-hybridized carbons (Fsp3) is 1.00. The Kier molecular flexibility index (Phi) is 6.57. The molecule has 2 aliphatic heterocycles. The average Bonchev–Trinajstić information content (AvgIpc) is 2.47. The summed E-state index contributed by atoms with van der Waals surface area (Å²) in [6.07, 6.45) is 6.94. The molecule has 112 valence electrons. The van der Waals surface area contributed by atoms with Crippen molar-refractivity contribution in [2.45, 2.75) is 63.7 Å². The molecule has 0 bridgehead atoms. The van der Waals surface area contributed by atoms with E-state index in [2.05, 4.69) is 11.8 Å². The Labute approximate surface area is 117 Å². The van der Waals surface area contributed by atoms with Gasteiger partial charge in [0, 0.05) is 25.8 Å². The zero-order chi connectivity index (χ0) is 13.5. The first kappa shape index (κ1) is 15.2. The minimum absolute atomic E-state index is 0.284. The third-order valence-corrected chi connectivity index (χ3v) is 4.36. The van der Waals surface area contributed by atoms with Crippen LogP contribution in [0.2, 0.25) is 0 Å². The summed E-state index contributed by atoms with van der Waals surface area (Å²) in [6, 6.07) is 0.659. The van der Waals surface area contributed by atoms with E-state index in [0.717, 1.165) is 39.1 Å². The lowest BCUT2D eigenvalue weighted by Gasteiger charge is -2.36. The van der Waals surface area contributed by atoms with Crippen LogP contribution in [-0.2, 0) is 9.47 Å². The summed E-state index contributed by atoms with van der Waals surface area (Å²) in [5, 5.41) is 10.1. The Bertz CT molecular complexity index is 244. The van der Waals surface area contributed by atoms with E-state index in [9.17, 15) is 5.11 Å². The number of ether oxygens (including phenoxy) is 2. The number of piperidine rings is 1. The highest BCUT2D eigenvalue weighted by Crippen LogP contribution is 2.19. The molecule has 4 heteroatoms. The molecule has 0 aliphatic carbocycles. The van der Waals surface area contributed by atoms with Crippen molar-refractivity contribution in [2.75, 3.05) is 32.9 Å². The molecule has 2 heterocycles. The molecular formula is C15H29NO3. The molecule has 0 spiro atoms. The number of hydrogen-bond donors (Lipinski definition) is 1. The number of aliphatic hydroxyl groups excluding tert-OH is 1. The molecule has 0 radical (unpaired) electrons. The zero-order valence-corrected chi connectivity index (χ0v) is 12.2. The highest BCUT2D eigenvalue weighted by molar-refractivity contribution is 4.78. The van der Waals surface area contributed by atoms with Crippen molar-refractivity contribution in [3.8, 4) is 0 Å². The van der Waals surface area contributed by atoms with Gasteiger partial charge in [-0.05, 0) is 38.6 Å². The van der Waals surface area contributed by atoms with Gasteiger partial charge in [-0.15, -0.1) is 0 Å². The first-order chi connectivity index (χ1) is 9.29. The molecule has 4 nitrogen and oxygen atoms in total. The van der Waals surface area contributed by atoms with Crippen molar-refractivity contribution >= 4 is 0 Å². The highest BCUT2D eigenvalue weighted by atomic mass is 16.5. The SMILES string of the molecule is CCC1CCCCN1CC(O)COC1CCOCC1. The molecule has 2 saturated heterocycles. The van der Waals surface area contributed by atoms with E-state index >= 15 is 0 Å². The van der Waals surface area contributed by atoms with Gasteiger partial charge in [0.1, 0.15) is 0 Å². The molecule has 2 rings (SSSR count). The Morgan fingerprint density at radius 3 is 2.79 bits per heavy atom. The van der Waals surface area contributed by atoms with E-state index in [1.54, 1.807) is 0 Å². The van der Waals surface area contributed by atoms with Crippen LogP contribution in [0.4, 0.5) is 0 Å². The van der Waals surface area contributed by atoms with Gasteiger partial charge < -0.3 is 14.6 Å². The number of aliphatic hydroxyl groups is 1. The Hall–Kier alpha value is -0.160. The minimum atomic E-state index is -0.352. The van der Waals surface area contributed by atoms with Gasteiger partial charge in [-0.25, -0.2) is 0 Å². The highest BCUT2D eigenvalue weighted by Gasteiger charge is 2.23. The number of nitrogens with zero attached hydrogens (tertiary/aromatic N) is 1. The van der Waals surface area contributed by atoms with Crippen molar-refractivity contribution in [3.05, 3.63) is 0 Å². The van der Waals surface area contributed by atoms with Crippen LogP contribution in [0.3, 0.4) is 0 Å². The van der Waals surface area contributed by atoms with Gasteiger partial charge in [0.25, 0.3) is 0 Å². The standard InChI is InChI=1S/C15H29NO3/c1-2-13-5-3-4-8-16(13)11-14(17)12-19-15-6-9-18-10-7-15/h13-15,17H,2-12H2,1H3. The largest absolute Gasteiger partial charge is 0.389 e. The van der Waals surface area contributed by atoms with Crippen LogP contribution in [0.5, 0.6) is 0 Å². The van der Waals surface area contributed by atoms with Crippen LogP contribution in [0.15, 0.2) is 0 Å². The lowest BCUT2D eigenvalue weighted by molar-refractivity contribution is -0.0674. The lowest BCUT2D eigenvalue weighted by Crippen LogP contribution is -2.44. The average molecular weight is 271 g/mol. The summed E-state index contributed by atoms with van der Waals surface area (Å²) in [5.74, 6) is 0. The molecule has 2 unspecified atom stereocenters. The van der Waals surface area contributed by atoms with Crippen molar-refractivity contribution in [1.29, 1.82) is 0 Å². The van der Waals surface area contributed by atoms with Crippen molar-refractivity contribution in [1.82, 2.24) is 4.90 Å². The molecule has 0 aromatic heterocycles. The number of hydrogen-bond acceptors (Lipinski definition) is 4. The second kappa shape index (κ2) is 8.20. The first-order valence-corrected chi connectivity index (χ1v) is 7.91. The topological polar surface area (TPSA) is 41.9 Å². The van der Waals surface area contributed by atoms with Crippen molar-refractivity contribution in [3.63, 3.8) is 0 Å². The Balaban J connectivity index is 1.66. The van der Waals surface area contributed by atoms with E-state index in [1.165, 1.54) is 25.7 Å². The third kappa shape index (κ3) is 5.03. The predicted molar refractivity (Wildman–Crippen MR) is 75.3 cm³/mol. The molecule has 0 amide bonds. The van der Waals surface area contributed by atoms with Gasteiger partial charge in [0.15, 0.2) is 0 Å². The van der Waals surface area contributed by atoms with Crippen molar-refractivity contribution < 1.29 is 14.6 Å². The second-order valence-electron chi connectivity index (χ2n) is 5.85. The van der Waals surface area contributed by atoms with Crippen LogP contribution in [-0.4, -0.2) is 61.2 Å². The molecule has 0 saturated carbocycles. The summed E-state index contributed by atoms with van der Waals surface area (Å²) in [6.45, 7) is 6.20. The molecule has 1 N–H and O–H groups in total. The molecule has 0 aromatic rings. The summed E-state index contributed by atoms with van der Waals surface area (Å²) in [4.78, 5) is 2.45. The molecule has 2 aliphatic rings. The molecule has 0 aromatic carbocycles. The van der Waals surface area contributed by atoms with E-state index in [-0.39, 0.29) is 12.2 Å². The smallest absolute Gasteiger partial charge is 0.0900 e. The predicted octanol–water partition coefficient (Wildman–Crippen LogP) is 1.81. The first-order valence-electron chi connectivity index (χ1n) is 7.91. The zero-order valence-electron chi connectivity index (χ0n) is 12.2. The maximum absolute atomic E-state index is 10.1. The van der Waals surface area contributed by atoms with E-state index < -0.39 is 0 Å². The summed E-state index contributed by atoms with van der Waals surface area (Å²) < 4.78 is 11.1. The van der Waals surface area contributed by atoms with Gasteiger partial charge in [-0.3, -0.25) is 4.90 Å². The maximum Gasteiger partial charge on any atom is 0.0900 e. The molecule has 19 heavy (non-hydrogen) atoms. The molecular weight excluding hydrogens is 242 g/mol. The van der Waals surface area contributed by atoms with Gasteiger partial charge in [0.05, 0.1) is 18.8 Å². The van der Waals surface area contributed by atoms with Gasteiger partial charge in [-0.1, -0.05) is 13.3 Å². The number of likely N-dealkylation sites (tertiary alicyclic amines) is 1. The number of rotatable bonds is 6. The molecule has 2 atom stereocenters.